The van der Waals surface area contributed by atoms with Gasteiger partial charge in [0.2, 0.25) is 0 Å². The third-order valence-electron chi connectivity index (χ3n) is 4.51. The number of carbonyl (C=O) groups is 1. The molecule has 4 nitrogen and oxygen atoms in total. The average Bonchev–Trinajstić information content (AvgIpc) is 2.94. The van der Waals surface area contributed by atoms with Crippen molar-refractivity contribution in [1.82, 2.24) is 4.57 Å². The summed E-state index contributed by atoms with van der Waals surface area (Å²) in [4.78, 5) is 12.6. The van der Waals surface area contributed by atoms with Crippen molar-refractivity contribution in [2.45, 2.75) is 20.8 Å². The van der Waals surface area contributed by atoms with Gasteiger partial charge in [-0.25, -0.2) is 0 Å². The van der Waals surface area contributed by atoms with Gasteiger partial charge in [-0.05, 0) is 91.4 Å². The zero-order chi connectivity index (χ0) is 20.3. The van der Waals surface area contributed by atoms with Crippen LogP contribution >= 0.6 is 22.6 Å². The van der Waals surface area contributed by atoms with Crippen molar-refractivity contribution >= 4 is 40.3 Å². The molecule has 0 aliphatic heterocycles. The van der Waals surface area contributed by atoms with E-state index in [1.165, 1.54) is 5.56 Å². The highest BCUT2D eigenvalue weighted by atomic mass is 127. The van der Waals surface area contributed by atoms with Crippen LogP contribution in [-0.4, -0.2) is 10.5 Å². The van der Waals surface area contributed by atoms with Crippen LogP contribution in [0.5, 0.6) is 0 Å². The van der Waals surface area contributed by atoms with Crippen LogP contribution in [0.15, 0.2) is 60.2 Å². The Bertz CT molecular complexity index is 1100. The van der Waals surface area contributed by atoms with Gasteiger partial charge in [0.05, 0.1) is 0 Å². The number of halogens is 1. The van der Waals surface area contributed by atoms with E-state index < -0.39 is 5.91 Å². The first-order chi connectivity index (χ1) is 13.4. The van der Waals surface area contributed by atoms with Crippen molar-refractivity contribution in [2.75, 3.05) is 5.32 Å². The number of nitriles is 1. The summed E-state index contributed by atoms with van der Waals surface area (Å²) in [5.74, 6) is -0.412. The van der Waals surface area contributed by atoms with Crippen molar-refractivity contribution < 1.29 is 4.79 Å². The molecule has 1 N–H and O–H groups in total. The molecule has 0 aliphatic carbocycles. The first kappa shape index (κ1) is 19.9. The fourth-order valence-corrected chi connectivity index (χ4v) is 3.64. The van der Waals surface area contributed by atoms with Crippen LogP contribution in [0, 0.1) is 35.7 Å². The Kier molecular flexibility index (Phi) is 6.00. The monoisotopic (exact) mass is 481 g/mol. The Morgan fingerprint density at radius 2 is 1.82 bits per heavy atom. The van der Waals surface area contributed by atoms with E-state index in [1.54, 1.807) is 12.1 Å². The SMILES string of the molecule is Cc1ccc(-n2c(C)cc(/C=C(\C#N)C(=O)Nc3cccc(I)c3)c2C)cc1. The van der Waals surface area contributed by atoms with Gasteiger partial charge in [0.15, 0.2) is 0 Å². The number of aryl methyl sites for hydroxylation is 2. The van der Waals surface area contributed by atoms with Gasteiger partial charge < -0.3 is 9.88 Å². The van der Waals surface area contributed by atoms with Crippen LogP contribution < -0.4 is 5.32 Å². The van der Waals surface area contributed by atoms with E-state index in [-0.39, 0.29) is 5.57 Å². The largest absolute Gasteiger partial charge is 0.321 e. The van der Waals surface area contributed by atoms with Crippen LogP contribution in [0.4, 0.5) is 5.69 Å². The van der Waals surface area contributed by atoms with Gasteiger partial charge in [-0.15, -0.1) is 0 Å². The van der Waals surface area contributed by atoms with Crippen molar-refractivity contribution in [3.63, 3.8) is 0 Å². The maximum Gasteiger partial charge on any atom is 0.266 e. The van der Waals surface area contributed by atoms with E-state index in [1.807, 2.05) is 44.2 Å². The predicted molar refractivity (Wildman–Crippen MR) is 121 cm³/mol. The summed E-state index contributed by atoms with van der Waals surface area (Å²) >= 11 is 2.18. The quantitative estimate of drug-likeness (QED) is 0.302. The fourth-order valence-electron chi connectivity index (χ4n) is 3.09. The zero-order valence-corrected chi connectivity index (χ0v) is 18.1. The molecule has 0 radical (unpaired) electrons. The Morgan fingerprint density at radius 3 is 2.46 bits per heavy atom. The first-order valence-corrected chi connectivity index (χ1v) is 9.91. The van der Waals surface area contributed by atoms with Crippen LogP contribution in [-0.2, 0) is 4.79 Å². The van der Waals surface area contributed by atoms with Crippen LogP contribution in [0.3, 0.4) is 0 Å². The number of rotatable bonds is 4. The molecule has 0 fully saturated rings. The second-order valence-corrected chi connectivity index (χ2v) is 7.88. The molecule has 0 aliphatic rings. The smallest absolute Gasteiger partial charge is 0.266 e. The Balaban J connectivity index is 1.93. The molecule has 0 spiro atoms. The summed E-state index contributed by atoms with van der Waals surface area (Å²) in [6.07, 6.45) is 1.65. The Labute approximate surface area is 178 Å². The van der Waals surface area contributed by atoms with Crippen molar-refractivity contribution in [3.05, 3.63) is 86.3 Å². The van der Waals surface area contributed by atoms with E-state index in [9.17, 15) is 10.1 Å². The molecule has 140 valence electrons. The highest BCUT2D eigenvalue weighted by Crippen LogP contribution is 2.23. The summed E-state index contributed by atoms with van der Waals surface area (Å²) in [5.41, 5.74) is 5.88. The molecule has 0 saturated carbocycles. The summed E-state index contributed by atoms with van der Waals surface area (Å²) in [6, 6.07) is 19.8. The minimum Gasteiger partial charge on any atom is -0.321 e. The van der Waals surface area contributed by atoms with Crippen LogP contribution in [0.2, 0.25) is 0 Å². The molecule has 1 amide bonds. The van der Waals surface area contributed by atoms with Gasteiger partial charge in [0.1, 0.15) is 11.6 Å². The molecule has 3 aromatic rings. The van der Waals surface area contributed by atoms with Crippen molar-refractivity contribution in [3.8, 4) is 11.8 Å². The normalized spacial score (nSPS) is 11.2. The van der Waals surface area contributed by atoms with Gasteiger partial charge >= 0.3 is 0 Å². The standard InChI is InChI=1S/C23H20IN3O/c1-15-7-9-22(10-8-15)27-16(2)11-18(17(27)3)12-19(14-25)23(28)26-21-6-4-5-20(24)13-21/h4-13H,1-3H3,(H,26,28)/b19-12+. The Morgan fingerprint density at radius 1 is 1.11 bits per heavy atom. The van der Waals surface area contributed by atoms with Crippen LogP contribution in [0.25, 0.3) is 11.8 Å². The van der Waals surface area contributed by atoms with Crippen molar-refractivity contribution in [2.24, 2.45) is 0 Å². The summed E-state index contributed by atoms with van der Waals surface area (Å²) in [5, 5.41) is 12.3. The third-order valence-corrected chi connectivity index (χ3v) is 5.18. The maximum absolute atomic E-state index is 12.6. The van der Waals surface area contributed by atoms with E-state index in [4.69, 9.17) is 0 Å². The Hall–Kier alpha value is -2.85. The number of anilines is 1. The minimum absolute atomic E-state index is 0.0722. The lowest BCUT2D eigenvalue weighted by Crippen LogP contribution is -2.13. The fraction of sp³-hybridized carbons (Fsp3) is 0.130. The summed E-state index contributed by atoms with van der Waals surface area (Å²) in [6.45, 7) is 6.06. The highest BCUT2D eigenvalue weighted by Gasteiger charge is 2.14. The average molecular weight is 481 g/mol. The minimum atomic E-state index is -0.412. The molecule has 0 atom stereocenters. The zero-order valence-electron chi connectivity index (χ0n) is 16.0. The predicted octanol–water partition coefficient (Wildman–Crippen LogP) is 5.55. The van der Waals surface area contributed by atoms with Gasteiger partial charge in [0.25, 0.3) is 5.91 Å². The van der Waals surface area contributed by atoms with Gasteiger partial charge in [-0.2, -0.15) is 5.26 Å². The van der Waals surface area contributed by atoms with E-state index in [0.29, 0.717) is 5.69 Å². The topological polar surface area (TPSA) is 57.8 Å². The third kappa shape index (κ3) is 4.34. The summed E-state index contributed by atoms with van der Waals surface area (Å²) < 4.78 is 3.14. The number of nitrogens with one attached hydrogen (secondary N) is 1. The van der Waals surface area contributed by atoms with E-state index in [2.05, 4.69) is 63.7 Å². The number of amides is 1. The lowest BCUT2D eigenvalue weighted by atomic mass is 10.1. The van der Waals surface area contributed by atoms with Gasteiger partial charge in [-0.1, -0.05) is 23.8 Å². The molecule has 0 bridgehead atoms. The highest BCUT2D eigenvalue weighted by molar-refractivity contribution is 14.1. The molecular formula is C23H20IN3O. The number of hydrogen-bond donors (Lipinski definition) is 1. The second kappa shape index (κ2) is 8.44. The molecule has 28 heavy (non-hydrogen) atoms. The molecule has 1 aromatic heterocycles. The number of aromatic nitrogens is 1. The van der Waals surface area contributed by atoms with Crippen molar-refractivity contribution in [1.29, 1.82) is 5.26 Å². The lowest BCUT2D eigenvalue weighted by molar-refractivity contribution is -0.112. The molecule has 0 saturated heterocycles. The van der Waals surface area contributed by atoms with E-state index >= 15 is 0 Å². The number of hydrogen-bond acceptors (Lipinski definition) is 2. The second-order valence-electron chi connectivity index (χ2n) is 6.63. The molecule has 1 heterocycles. The van der Waals surface area contributed by atoms with Gasteiger partial charge in [0, 0.05) is 26.3 Å². The van der Waals surface area contributed by atoms with E-state index in [0.717, 1.165) is 26.2 Å². The number of benzene rings is 2. The number of carbonyl (C=O) groups excluding carboxylic acids is 1. The molecule has 0 unspecified atom stereocenters. The number of nitrogens with zero attached hydrogens (tertiary/aromatic N) is 2. The maximum atomic E-state index is 12.6. The lowest BCUT2D eigenvalue weighted by Gasteiger charge is -2.10. The summed E-state index contributed by atoms with van der Waals surface area (Å²) in [7, 11) is 0. The molecular weight excluding hydrogens is 461 g/mol. The molecule has 3 rings (SSSR count). The van der Waals surface area contributed by atoms with Crippen LogP contribution in [0.1, 0.15) is 22.5 Å². The molecule has 2 aromatic carbocycles. The molecule has 5 heteroatoms. The first-order valence-electron chi connectivity index (χ1n) is 8.83. The van der Waals surface area contributed by atoms with Gasteiger partial charge in [-0.3, -0.25) is 4.79 Å².